The molecule has 3 amide bonds. The lowest BCUT2D eigenvalue weighted by Gasteiger charge is -2.37. The number of hydrogen-bond donors (Lipinski definition) is 1. The molecule has 0 saturated carbocycles. The van der Waals surface area contributed by atoms with Crippen molar-refractivity contribution in [3.05, 3.63) is 24.2 Å². The van der Waals surface area contributed by atoms with E-state index in [9.17, 15) is 22.8 Å². The van der Waals surface area contributed by atoms with Gasteiger partial charge >= 0.3 is 0 Å². The Morgan fingerprint density at radius 1 is 1.19 bits per heavy atom. The van der Waals surface area contributed by atoms with Crippen molar-refractivity contribution in [2.75, 3.05) is 37.7 Å². The van der Waals surface area contributed by atoms with E-state index in [-0.39, 0.29) is 29.2 Å². The van der Waals surface area contributed by atoms with Crippen LogP contribution in [0.15, 0.2) is 23.0 Å². The molecule has 0 spiro atoms. The van der Waals surface area contributed by atoms with Gasteiger partial charge in [-0.05, 0) is 19.4 Å². The van der Waals surface area contributed by atoms with Crippen LogP contribution in [0.3, 0.4) is 0 Å². The van der Waals surface area contributed by atoms with Gasteiger partial charge in [-0.1, -0.05) is 0 Å². The van der Waals surface area contributed by atoms with Gasteiger partial charge in [-0.2, -0.15) is 0 Å². The minimum absolute atomic E-state index is 0.0652. The van der Waals surface area contributed by atoms with Gasteiger partial charge in [0.15, 0.2) is 9.84 Å². The van der Waals surface area contributed by atoms with Crippen molar-refractivity contribution in [3.63, 3.8) is 0 Å². The van der Waals surface area contributed by atoms with E-state index in [0.717, 1.165) is 0 Å². The molecular formula is C17H23N3O6S. The predicted octanol–water partition coefficient (Wildman–Crippen LogP) is -0.497. The van der Waals surface area contributed by atoms with Gasteiger partial charge in [-0.15, -0.1) is 0 Å². The van der Waals surface area contributed by atoms with E-state index in [1.165, 1.54) is 18.6 Å². The van der Waals surface area contributed by atoms with Crippen molar-refractivity contribution in [1.82, 2.24) is 15.1 Å². The van der Waals surface area contributed by atoms with Crippen molar-refractivity contribution in [1.29, 1.82) is 0 Å². The van der Waals surface area contributed by atoms with Crippen LogP contribution in [-0.2, 0) is 19.4 Å². The molecule has 0 bridgehead atoms. The summed E-state index contributed by atoms with van der Waals surface area (Å²) in [6.07, 6.45) is 3.06. The Morgan fingerprint density at radius 3 is 2.41 bits per heavy atom. The molecule has 2 saturated heterocycles. The largest absolute Gasteiger partial charge is 0.472 e. The van der Waals surface area contributed by atoms with Crippen molar-refractivity contribution in [2.45, 2.75) is 19.4 Å². The number of hydrogen-bond acceptors (Lipinski definition) is 6. The van der Waals surface area contributed by atoms with E-state index in [2.05, 4.69) is 5.32 Å². The molecule has 0 radical (unpaired) electrons. The molecule has 3 heterocycles. The number of nitrogens with one attached hydrogen (secondary N) is 1. The number of rotatable bonds is 4. The minimum atomic E-state index is -3.10. The second-order valence-corrected chi connectivity index (χ2v) is 9.19. The summed E-state index contributed by atoms with van der Waals surface area (Å²) in [6.45, 7) is 3.06. The summed E-state index contributed by atoms with van der Waals surface area (Å²) in [6, 6.07) is 0.815. The lowest BCUT2D eigenvalue weighted by molar-refractivity contribution is -0.142. The Bertz CT molecular complexity index is 812. The summed E-state index contributed by atoms with van der Waals surface area (Å²) in [5, 5.41) is 2.63. The van der Waals surface area contributed by atoms with Crippen LogP contribution in [0.5, 0.6) is 0 Å². The highest BCUT2D eigenvalue weighted by atomic mass is 32.2. The van der Waals surface area contributed by atoms with Gasteiger partial charge in [0.25, 0.3) is 5.91 Å². The second kappa shape index (κ2) is 7.71. The normalized spacial score (nSPS) is 23.1. The zero-order valence-electron chi connectivity index (χ0n) is 15.1. The van der Waals surface area contributed by atoms with Gasteiger partial charge in [0.2, 0.25) is 11.8 Å². The lowest BCUT2D eigenvalue weighted by Crippen LogP contribution is -2.55. The Labute approximate surface area is 157 Å². The molecule has 27 heavy (non-hydrogen) atoms. The average Bonchev–Trinajstić information content (AvgIpc) is 3.30. The van der Waals surface area contributed by atoms with E-state index in [4.69, 9.17) is 4.42 Å². The van der Waals surface area contributed by atoms with Crippen molar-refractivity contribution in [2.24, 2.45) is 5.92 Å². The quantitative estimate of drug-likeness (QED) is 0.732. The molecule has 0 aliphatic carbocycles. The van der Waals surface area contributed by atoms with E-state index in [1.807, 2.05) is 0 Å². The maximum absolute atomic E-state index is 12.5. The van der Waals surface area contributed by atoms with Crippen LogP contribution in [0.25, 0.3) is 0 Å². The highest BCUT2D eigenvalue weighted by Crippen LogP contribution is 2.21. The topological polar surface area (TPSA) is 117 Å². The standard InChI is InChI=1S/C17H23N3O6S/c1-12(18-15(21)13-2-8-26-10-13)16(22)19-4-6-20(7-5-19)17(23)14-3-9-27(24,25)11-14/h2,8,10,12,14H,3-7,9,11H2,1H3,(H,18,21)/t12-,14+/m0/s1. The minimum Gasteiger partial charge on any atom is -0.472 e. The first-order valence-corrected chi connectivity index (χ1v) is 10.7. The zero-order valence-corrected chi connectivity index (χ0v) is 15.9. The molecule has 2 aliphatic heterocycles. The maximum atomic E-state index is 12.5. The number of amides is 3. The van der Waals surface area contributed by atoms with Gasteiger partial charge in [-0.25, -0.2) is 8.42 Å². The monoisotopic (exact) mass is 397 g/mol. The number of carbonyl (C=O) groups excluding carboxylic acids is 3. The third kappa shape index (κ3) is 4.49. The van der Waals surface area contributed by atoms with Crippen molar-refractivity contribution < 1.29 is 27.2 Å². The first kappa shape index (κ1) is 19.4. The Morgan fingerprint density at radius 2 is 1.85 bits per heavy atom. The summed E-state index contributed by atoms with van der Waals surface area (Å²) in [7, 11) is -3.10. The summed E-state index contributed by atoms with van der Waals surface area (Å²) < 4.78 is 28.0. The molecule has 1 aromatic rings. The molecule has 1 N–H and O–H groups in total. The van der Waals surface area contributed by atoms with Gasteiger partial charge in [0.1, 0.15) is 12.3 Å². The fraction of sp³-hybridized carbons (Fsp3) is 0.588. The zero-order chi connectivity index (χ0) is 19.6. The smallest absolute Gasteiger partial charge is 0.255 e. The van der Waals surface area contributed by atoms with Crippen LogP contribution in [0.4, 0.5) is 0 Å². The molecular weight excluding hydrogens is 374 g/mol. The molecule has 2 fully saturated rings. The Balaban J connectivity index is 1.49. The highest BCUT2D eigenvalue weighted by molar-refractivity contribution is 7.91. The molecule has 0 aromatic carbocycles. The molecule has 2 aliphatic rings. The summed E-state index contributed by atoms with van der Waals surface area (Å²) in [5.41, 5.74) is 0.344. The SMILES string of the molecule is C[C@H](NC(=O)c1ccoc1)C(=O)N1CCN(C(=O)[C@@H]2CCS(=O)(=O)C2)CC1. The first-order chi connectivity index (χ1) is 12.8. The fourth-order valence-electron chi connectivity index (χ4n) is 3.40. The van der Waals surface area contributed by atoms with Crippen LogP contribution in [-0.4, -0.2) is 79.7 Å². The summed E-state index contributed by atoms with van der Waals surface area (Å²) in [5.74, 6) is -1.24. The highest BCUT2D eigenvalue weighted by Gasteiger charge is 2.37. The van der Waals surface area contributed by atoms with Crippen LogP contribution >= 0.6 is 0 Å². The number of carbonyl (C=O) groups is 3. The lowest BCUT2D eigenvalue weighted by atomic mass is 10.1. The fourth-order valence-corrected chi connectivity index (χ4v) is 5.14. The predicted molar refractivity (Wildman–Crippen MR) is 95.6 cm³/mol. The first-order valence-electron chi connectivity index (χ1n) is 8.88. The van der Waals surface area contributed by atoms with Crippen LogP contribution in [0.2, 0.25) is 0 Å². The van der Waals surface area contributed by atoms with Gasteiger partial charge < -0.3 is 19.5 Å². The summed E-state index contributed by atoms with van der Waals surface area (Å²) >= 11 is 0. The maximum Gasteiger partial charge on any atom is 0.255 e. The number of furan rings is 1. The van der Waals surface area contributed by atoms with Crippen molar-refractivity contribution >= 4 is 27.6 Å². The molecule has 10 heteroatoms. The molecule has 3 rings (SSSR count). The number of sulfone groups is 1. The van der Waals surface area contributed by atoms with E-state index in [0.29, 0.717) is 38.2 Å². The van der Waals surface area contributed by atoms with Gasteiger partial charge in [0.05, 0.1) is 29.3 Å². The van der Waals surface area contributed by atoms with Gasteiger partial charge in [-0.3, -0.25) is 14.4 Å². The number of nitrogens with zero attached hydrogens (tertiary/aromatic N) is 2. The number of piperazine rings is 1. The van der Waals surface area contributed by atoms with Crippen LogP contribution in [0, 0.1) is 5.92 Å². The average molecular weight is 397 g/mol. The molecule has 9 nitrogen and oxygen atoms in total. The van der Waals surface area contributed by atoms with E-state index >= 15 is 0 Å². The molecule has 1 aromatic heterocycles. The van der Waals surface area contributed by atoms with Crippen LogP contribution < -0.4 is 5.32 Å². The third-order valence-corrected chi connectivity index (χ3v) is 6.75. The Hall–Kier alpha value is -2.36. The third-order valence-electron chi connectivity index (χ3n) is 4.99. The summed E-state index contributed by atoms with van der Waals surface area (Å²) in [4.78, 5) is 40.2. The Kier molecular flexibility index (Phi) is 5.54. The second-order valence-electron chi connectivity index (χ2n) is 6.96. The van der Waals surface area contributed by atoms with Crippen LogP contribution in [0.1, 0.15) is 23.7 Å². The molecule has 2 atom stereocenters. The van der Waals surface area contributed by atoms with E-state index < -0.39 is 21.8 Å². The van der Waals surface area contributed by atoms with Crippen molar-refractivity contribution in [3.8, 4) is 0 Å². The molecule has 148 valence electrons. The van der Waals surface area contributed by atoms with Gasteiger partial charge in [0, 0.05) is 26.2 Å². The molecule has 0 unspecified atom stereocenters. The van der Waals surface area contributed by atoms with E-state index in [1.54, 1.807) is 16.7 Å².